The Bertz CT molecular complexity index is 817. The van der Waals surface area contributed by atoms with Gasteiger partial charge >= 0.3 is 0 Å². The van der Waals surface area contributed by atoms with Crippen LogP contribution in [0.1, 0.15) is 50.7 Å². The van der Waals surface area contributed by atoms with Crippen molar-refractivity contribution < 1.29 is 9.90 Å². The molecule has 0 saturated carbocycles. The molecule has 1 amide bonds. The van der Waals surface area contributed by atoms with Gasteiger partial charge in [-0.2, -0.15) is 0 Å². The molecule has 2 aliphatic rings. The summed E-state index contributed by atoms with van der Waals surface area (Å²) in [6, 6.07) is 16.5. The molecule has 0 radical (unpaired) electrons. The minimum absolute atomic E-state index is 0.158. The first kappa shape index (κ1) is 18.6. The topological polar surface area (TPSA) is 40.5 Å². The van der Waals surface area contributed by atoms with Crippen LogP contribution >= 0.6 is 11.8 Å². The Labute approximate surface area is 165 Å². The van der Waals surface area contributed by atoms with E-state index in [1.54, 1.807) is 11.8 Å². The van der Waals surface area contributed by atoms with Crippen LogP contribution in [0.25, 0.3) is 0 Å². The first-order valence-corrected chi connectivity index (χ1v) is 10.5. The summed E-state index contributed by atoms with van der Waals surface area (Å²) in [6.07, 6.45) is 1.26. The molecule has 2 aromatic rings. The molecule has 4 rings (SSSR count). The predicted octanol–water partition coefficient (Wildman–Crippen LogP) is 4.68. The third-order valence-electron chi connectivity index (χ3n) is 6.23. The molecule has 27 heavy (non-hydrogen) atoms. The average Bonchev–Trinajstić information content (AvgIpc) is 2.65. The second kappa shape index (κ2) is 6.68. The minimum atomic E-state index is -0.706. The van der Waals surface area contributed by atoms with E-state index in [-0.39, 0.29) is 17.2 Å². The fraction of sp³-hybridized carbons (Fsp3) is 0.435. The lowest BCUT2D eigenvalue weighted by Crippen LogP contribution is -2.53. The van der Waals surface area contributed by atoms with Gasteiger partial charge in [-0.15, -0.1) is 0 Å². The van der Waals surface area contributed by atoms with Crippen LogP contribution in [-0.2, 0) is 4.79 Å². The van der Waals surface area contributed by atoms with Gasteiger partial charge in [0.15, 0.2) is 0 Å². The monoisotopic (exact) mass is 381 g/mol. The Morgan fingerprint density at radius 3 is 1.96 bits per heavy atom. The summed E-state index contributed by atoms with van der Waals surface area (Å²) in [6.45, 7) is 7.46. The number of rotatable bonds is 1. The quantitative estimate of drug-likeness (QED) is 0.779. The number of likely N-dealkylation sites (tertiary alicyclic amines) is 1. The van der Waals surface area contributed by atoms with Crippen LogP contribution in [0.2, 0.25) is 0 Å². The highest BCUT2D eigenvalue weighted by Gasteiger charge is 2.44. The maximum absolute atomic E-state index is 13.6. The number of aliphatic hydroxyl groups is 1. The van der Waals surface area contributed by atoms with E-state index in [1.165, 1.54) is 0 Å². The van der Waals surface area contributed by atoms with Crippen LogP contribution in [0, 0.1) is 5.41 Å². The molecule has 0 aromatic heterocycles. The van der Waals surface area contributed by atoms with E-state index in [2.05, 4.69) is 45.0 Å². The SMILES string of the molecule is CC(C)(C)C1(O)CCN(C(=O)C2c3ccccc3Sc3ccccc32)CC1. The van der Waals surface area contributed by atoms with Gasteiger partial charge in [0.2, 0.25) is 5.91 Å². The molecule has 1 fully saturated rings. The van der Waals surface area contributed by atoms with E-state index in [4.69, 9.17) is 0 Å². The lowest BCUT2D eigenvalue weighted by atomic mass is 9.71. The molecule has 0 unspecified atom stereocenters. The van der Waals surface area contributed by atoms with Crippen molar-refractivity contribution in [2.24, 2.45) is 5.41 Å². The number of hydrogen-bond acceptors (Lipinski definition) is 3. The van der Waals surface area contributed by atoms with Crippen molar-refractivity contribution in [3.63, 3.8) is 0 Å². The van der Waals surface area contributed by atoms with Crippen LogP contribution < -0.4 is 0 Å². The summed E-state index contributed by atoms with van der Waals surface area (Å²) in [4.78, 5) is 17.9. The van der Waals surface area contributed by atoms with Gasteiger partial charge in [-0.25, -0.2) is 0 Å². The zero-order chi connectivity index (χ0) is 19.2. The third kappa shape index (κ3) is 3.19. The molecular weight excluding hydrogens is 354 g/mol. The van der Waals surface area contributed by atoms with Crippen LogP contribution in [0.4, 0.5) is 0 Å². The molecule has 1 saturated heterocycles. The van der Waals surface area contributed by atoms with Gasteiger partial charge in [0.05, 0.1) is 11.5 Å². The van der Waals surface area contributed by atoms with Gasteiger partial charge in [-0.3, -0.25) is 4.79 Å². The van der Waals surface area contributed by atoms with E-state index in [0.29, 0.717) is 25.9 Å². The number of carbonyl (C=O) groups is 1. The minimum Gasteiger partial charge on any atom is -0.389 e. The van der Waals surface area contributed by atoms with Crippen molar-refractivity contribution in [3.8, 4) is 0 Å². The molecule has 4 heteroatoms. The molecular formula is C23H27NO2S. The van der Waals surface area contributed by atoms with Gasteiger partial charge in [-0.05, 0) is 41.5 Å². The molecule has 0 aliphatic carbocycles. The second-order valence-corrected chi connectivity index (χ2v) is 9.80. The molecule has 1 N–H and O–H groups in total. The van der Waals surface area contributed by atoms with Gasteiger partial charge in [-0.1, -0.05) is 68.9 Å². The number of piperidine rings is 1. The summed E-state index contributed by atoms with van der Waals surface area (Å²) in [7, 11) is 0. The maximum Gasteiger partial charge on any atom is 0.234 e. The normalized spacial score (nSPS) is 19.3. The Morgan fingerprint density at radius 2 is 1.48 bits per heavy atom. The lowest BCUT2D eigenvalue weighted by molar-refractivity contribution is -0.142. The Morgan fingerprint density at radius 1 is 1.00 bits per heavy atom. The third-order valence-corrected chi connectivity index (χ3v) is 7.41. The van der Waals surface area contributed by atoms with Crippen LogP contribution in [0.3, 0.4) is 0 Å². The van der Waals surface area contributed by atoms with Gasteiger partial charge in [0, 0.05) is 22.9 Å². The Hall–Kier alpha value is -1.78. The summed E-state index contributed by atoms with van der Waals surface area (Å²) >= 11 is 1.74. The largest absolute Gasteiger partial charge is 0.389 e. The highest BCUT2D eigenvalue weighted by molar-refractivity contribution is 7.99. The smallest absolute Gasteiger partial charge is 0.234 e. The number of fused-ring (bicyclic) bond motifs is 2. The van der Waals surface area contributed by atoms with Crippen LogP contribution in [-0.4, -0.2) is 34.6 Å². The van der Waals surface area contributed by atoms with Crippen molar-refractivity contribution in [1.29, 1.82) is 0 Å². The number of amides is 1. The van der Waals surface area contributed by atoms with Crippen molar-refractivity contribution in [1.82, 2.24) is 4.90 Å². The van der Waals surface area contributed by atoms with Gasteiger partial charge in [0.25, 0.3) is 0 Å². The van der Waals surface area contributed by atoms with E-state index in [0.717, 1.165) is 20.9 Å². The standard InChI is InChI=1S/C23H27NO2S/c1-22(2,3)23(26)12-14-24(15-13-23)21(25)20-16-8-4-6-10-18(16)27-19-11-7-5-9-17(19)20/h4-11,20,26H,12-15H2,1-3H3. The zero-order valence-corrected chi connectivity index (χ0v) is 17.1. The summed E-state index contributed by atoms with van der Waals surface area (Å²) in [5.41, 5.74) is 1.32. The first-order chi connectivity index (χ1) is 12.8. The van der Waals surface area contributed by atoms with Crippen LogP contribution in [0.15, 0.2) is 58.3 Å². The highest BCUT2D eigenvalue weighted by Crippen LogP contribution is 2.47. The molecule has 0 bridgehead atoms. The summed E-state index contributed by atoms with van der Waals surface area (Å²) < 4.78 is 0. The second-order valence-electron chi connectivity index (χ2n) is 8.72. The highest BCUT2D eigenvalue weighted by atomic mass is 32.2. The lowest BCUT2D eigenvalue weighted by Gasteiger charge is -2.47. The molecule has 0 atom stereocenters. The van der Waals surface area contributed by atoms with E-state index < -0.39 is 5.60 Å². The first-order valence-electron chi connectivity index (χ1n) is 9.67. The maximum atomic E-state index is 13.6. The molecule has 2 aliphatic heterocycles. The fourth-order valence-corrected chi connectivity index (χ4v) is 5.34. The van der Waals surface area contributed by atoms with Crippen molar-refractivity contribution in [3.05, 3.63) is 59.7 Å². The molecule has 3 nitrogen and oxygen atoms in total. The van der Waals surface area contributed by atoms with E-state index >= 15 is 0 Å². The fourth-order valence-electron chi connectivity index (χ4n) is 4.21. The van der Waals surface area contributed by atoms with Crippen molar-refractivity contribution >= 4 is 17.7 Å². The number of benzene rings is 2. The van der Waals surface area contributed by atoms with Gasteiger partial charge < -0.3 is 10.0 Å². The summed E-state index contributed by atoms with van der Waals surface area (Å²) in [5.74, 6) is -0.0920. The molecule has 142 valence electrons. The summed E-state index contributed by atoms with van der Waals surface area (Å²) in [5, 5.41) is 11.0. The van der Waals surface area contributed by atoms with Crippen LogP contribution in [0.5, 0.6) is 0 Å². The predicted molar refractivity (Wildman–Crippen MR) is 109 cm³/mol. The Kier molecular flexibility index (Phi) is 4.59. The van der Waals surface area contributed by atoms with Gasteiger partial charge in [0.1, 0.15) is 0 Å². The molecule has 0 spiro atoms. The number of carbonyl (C=O) groups excluding carboxylic acids is 1. The number of hydrogen-bond donors (Lipinski definition) is 1. The molecule has 2 aromatic carbocycles. The van der Waals surface area contributed by atoms with Crippen molar-refractivity contribution in [2.45, 2.75) is 54.9 Å². The molecule has 2 heterocycles. The van der Waals surface area contributed by atoms with Crippen molar-refractivity contribution in [2.75, 3.05) is 13.1 Å². The number of nitrogens with zero attached hydrogens (tertiary/aromatic N) is 1. The zero-order valence-electron chi connectivity index (χ0n) is 16.2. The average molecular weight is 382 g/mol. The Balaban J connectivity index is 1.64. The van der Waals surface area contributed by atoms with E-state index in [1.807, 2.05) is 29.2 Å². The van der Waals surface area contributed by atoms with E-state index in [9.17, 15) is 9.90 Å².